The van der Waals surface area contributed by atoms with Crippen LogP contribution in [0.4, 0.5) is 5.69 Å². The molecule has 30 heavy (non-hydrogen) atoms. The average molecular weight is 444 g/mol. The number of hydrogen-bond acceptors (Lipinski definition) is 5. The van der Waals surface area contributed by atoms with Gasteiger partial charge in [0.15, 0.2) is 11.5 Å². The van der Waals surface area contributed by atoms with E-state index in [1.807, 2.05) is 12.1 Å². The van der Waals surface area contributed by atoms with Crippen molar-refractivity contribution in [1.82, 2.24) is 0 Å². The van der Waals surface area contributed by atoms with Gasteiger partial charge in [0.25, 0.3) is 0 Å². The third-order valence-corrected chi connectivity index (χ3v) is 6.59. The first-order valence-electron chi connectivity index (χ1n) is 9.11. The molecule has 0 radical (unpaired) electrons. The summed E-state index contributed by atoms with van der Waals surface area (Å²) in [5, 5.41) is 13.3. The van der Waals surface area contributed by atoms with Crippen LogP contribution < -0.4 is 14.8 Å². The fourth-order valence-electron chi connectivity index (χ4n) is 3.77. The van der Waals surface area contributed by atoms with E-state index >= 15 is 0 Å². The summed E-state index contributed by atoms with van der Waals surface area (Å²) in [5.41, 5.74) is 2.45. The fourth-order valence-corrected chi connectivity index (χ4v) is 5.13. The van der Waals surface area contributed by atoms with Gasteiger partial charge in [-0.1, -0.05) is 35.9 Å². The van der Waals surface area contributed by atoms with Crippen LogP contribution in [0.1, 0.15) is 32.5 Å². The Morgan fingerprint density at radius 1 is 1.17 bits per heavy atom. The number of hydrogen-bond donors (Lipinski definition) is 2. The minimum atomic E-state index is -1.05. The van der Waals surface area contributed by atoms with Gasteiger partial charge in [-0.05, 0) is 23.8 Å². The predicted molar refractivity (Wildman–Crippen MR) is 116 cm³/mol. The van der Waals surface area contributed by atoms with Gasteiger partial charge >= 0.3 is 5.97 Å². The number of anilines is 1. The third-order valence-electron chi connectivity index (χ3n) is 5.04. The van der Waals surface area contributed by atoms with Gasteiger partial charge < -0.3 is 19.9 Å². The summed E-state index contributed by atoms with van der Waals surface area (Å²) in [7, 11) is 3.09. The summed E-state index contributed by atoms with van der Waals surface area (Å²) < 4.78 is 11.0. The van der Waals surface area contributed by atoms with Gasteiger partial charge in [0, 0.05) is 33.4 Å². The van der Waals surface area contributed by atoms with Crippen LogP contribution in [0.25, 0.3) is 11.1 Å². The normalized spacial score (nSPS) is 15.3. The SMILES string of the molecule is COc1cccc([C@H]2CC(=O)Nc3c2sc(C(=O)O)c3-c2ccc(Cl)cc2)c1OC. The number of aromatic carboxylic acids is 1. The highest BCUT2D eigenvalue weighted by Crippen LogP contribution is 2.51. The van der Waals surface area contributed by atoms with Crippen LogP contribution in [-0.2, 0) is 4.79 Å². The zero-order valence-electron chi connectivity index (χ0n) is 16.2. The molecule has 0 bridgehead atoms. The molecule has 0 aliphatic carbocycles. The van der Waals surface area contributed by atoms with E-state index in [9.17, 15) is 14.7 Å². The van der Waals surface area contributed by atoms with Gasteiger partial charge in [0.2, 0.25) is 5.91 Å². The summed E-state index contributed by atoms with van der Waals surface area (Å²) in [6, 6.07) is 12.4. The van der Waals surface area contributed by atoms with Crippen LogP contribution in [0.5, 0.6) is 11.5 Å². The van der Waals surface area contributed by atoms with E-state index in [-0.39, 0.29) is 23.1 Å². The Kier molecular flexibility index (Phi) is 5.40. The Bertz CT molecular complexity index is 1140. The number of rotatable bonds is 5. The molecular weight excluding hydrogens is 426 g/mol. The highest BCUT2D eigenvalue weighted by atomic mass is 35.5. The smallest absolute Gasteiger partial charge is 0.346 e. The lowest BCUT2D eigenvalue weighted by Gasteiger charge is -2.25. The second-order valence-electron chi connectivity index (χ2n) is 6.75. The van der Waals surface area contributed by atoms with Crippen LogP contribution in [0, 0.1) is 0 Å². The lowest BCUT2D eigenvalue weighted by atomic mass is 9.88. The largest absolute Gasteiger partial charge is 0.493 e. The molecule has 1 aromatic heterocycles. The molecule has 6 nitrogen and oxygen atoms in total. The number of amides is 1. The maximum atomic E-state index is 12.6. The number of methoxy groups -OCH3 is 2. The number of benzene rings is 2. The predicted octanol–water partition coefficient (Wildman–Crippen LogP) is 5.26. The number of carboxylic acids is 1. The highest BCUT2D eigenvalue weighted by molar-refractivity contribution is 7.15. The van der Waals surface area contributed by atoms with Gasteiger partial charge in [-0.2, -0.15) is 0 Å². The van der Waals surface area contributed by atoms with E-state index in [4.69, 9.17) is 21.1 Å². The van der Waals surface area contributed by atoms with Gasteiger partial charge in [-0.3, -0.25) is 4.79 Å². The highest BCUT2D eigenvalue weighted by Gasteiger charge is 2.36. The molecule has 2 heterocycles. The van der Waals surface area contributed by atoms with E-state index in [0.717, 1.165) is 21.8 Å². The van der Waals surface area contributed by atoms with Crippen LogP contribution in [-0.4, -0.2) is 31.2 Å². The van der Waals surface area contributed by atoms with Crippen molar-refractivity contribution in [2.75, 3.05) is 19.5 Å². The lowest BCUT2D eigenvalue weighted by Crippen LogP contribution is -2.22. The zero-order valence-corrected chi connectivity index (χ0v) is 17.8. The molecule has 1 atom stereocenters. The van der Waals surface area contributed by atoms with Crippen molar-refractivity contribution < 1.29 is 24.2 Å². The molecule has 3 aromatic rings. The molecule has 8 heteroatoms. The quantitative estimate of drug-likeness (QED) is 0.562. The van der Waals surface area contributed by atoms with E-state index in [2.05, 4.69) is 5.32 Å². The van der Waals surface area contributed by atoms with Crippen molar-refractivity contribution in [1.29, 1.82) is 0 Å². The molecule has 2 N–H and O–H groups in total. The Morgan fingerprint density at radius 3 is 2.53 bits per heavy atom. The molecular formula is C22H18ClNO5S. The summed E-state index contributed by atoms with van der Waals surface area (Å²) in [5.74, 6) is -0.519. The number of para-hydroxylation sites is 1. The Labute approximate surface area is 182 Å². The summed E-state index contributed by atoms with van der Waals surface area (Å²) in [6.45, 7) is 0. The number of fused-ring (bicyclic) bond motifs is 1. The van der Waals surface area contributed by atoms with Crippen molar-refractivity contribution in [3.05, 3.63) is 62.8 Å². The zero-order chi connectivity index (χ0) is 21.4. The summed E-state index contributed by atoms with van der Waals surface area (Å²) in [4.78, 5) is 25.6. The molecule has 0 fully saturated rings. The summed E-state index contributed by atoms with van der Waals surface area (Å²) in [6.07, 6.45) is 0.177. The second kappa shape index (κ2) is 8.01. The Hall–Kier alpha value is -3.03. The minimum absolute atomic E-state index is 0.163. The van der Waals surface area contributed by atoms with Crippen LogP contribution in [0.15, 0.2) is 42.5 Å². The molecule has 1 aliphatic heterocycles. The van der Waals surface area contributed by atoms with Crippen LogP contribution in [0.2, 0.25) is 5.02 Å². The van der Waals surface area contributed by atoms with Gasteiger partial charge in [0.1, 0.15) is 4.88 Å². The molecule has 0 unspecified atom stereocenters. The molecule has 1 aliphatic rings. The van der Waals surface area contributed by atoms with Crippen molar-refractivity contribution in [2.45, 2.75) is 12.3 Å². The average Bonchev–Trinajstić information content (AvgIpc) is 3.12. The molecule has 1 amide bonds. The molecule has 154 valence electrons. The van der Waals surface area contributed by atoms with Crippen molar-refractivity contribution >= 4 is 40.5 Å². The molecule has 0 saturated heterocycles. The fraction of sp³-hybridized carbons (Fsp3) is 0.182. The number of ether oxygens (including phenoxy) is 2. The number of nitrogens with one attached hydrogen (secondary N) is 1. The maximum Gasteiger partial charge on any atom is 0.346 e. The standard InChI is InChI=1S/C22H18ClNO5S/c1-28-15-5-3-4-13(19(15)29-2)14-10-16(25)24-18-17(11-6-8-12(23)9-7-11)21(22(26)27)30-20(14)18/h3-9,14H,10H2,1-2H3,(H,24,25)(H,26,27)/t14-/m1/s1. The molecule has 0 saturated carbocycles. The van der Waals surface area contributed by atoms with E-state index in [1.165, 1.54) is 0 Å². The van der Waals surface area contributed by atoms with Crippen molar-refractivity contribution in [2.24, 2.45) is 0 Å². The van der Waals surface area contributed by atoms with Crippen LogP contribution >= 0.6 is 22.9 Å². The van der Waals surface area contributed by atoms with Gasteiger partial charge in [-0.25, -0.2) is 4.79 Å². The molecule has 0 spiro atoms. The number of carbonyl (C=O) groups excluding carboxylic acids is 1. The number of thiophene rings is 1. The molecule has 4 rings (SSSR count). The Balaban J connectivity index is 1.95. The maximum absolute atomic E-state index is 12.6. The topological polar surface area (TPSA) is 84.9 Å². The minimum Gasteiger partial charge on any atom is -0.493 e. The van der Waals surface area contributed by atoms with E-state index in [0.29, 0.717) is 33.3 Å². The molecule has 2 aromatic carbocycles. The number of halogens is 1. The lowest BCUT2D eigenvalue weighted by molar-refractivity contribution is -0.116. The van der Waals surface area contributed by atoms with Gasteiger partial charge in [-0.15, -0.1) is 11.3 Å². The first-order chi connectivity index (χ1) is 14.4. The van der Waals surface area contributed by atoms with E-state index in [1.54, 1.807) is 44.6 Å². The second-order valence-corrected chi connectivity index (χ2v) is 8.23. The van der Waals surface area contributed by atoms with E-state index < -0.39 is 5.97 Å². The monoisotopic (exact) mass is 443 g/mol. The third kappa shape index (κ3) is 3.40. The first-order valence-corrected chi connectivity index (χ1v) is 10.3. The number of carbonyl (C=O) groups is 2. The Morgan fingerprint density at radius 2 is 1.90 bits per heavy atom. The number of carboxylic acid groups (broad SMARTS) is 1. The van der Waals surface area contributed by atoms with Crippen molar-refractivity contribution in [3.8, 4) is 22.6 Å². The summed E-state index contributed by atoms with van der Waals surface area (Å²) >= 11 is 7.16. The van der Waals surface area contributed by atoms with Gasteiger partial charge in [0.05, 0.1) is 19.9 Å². The first kappa shape index (κ1) is 20.3. The van der Waals surface area contributed by atoms with Crippen LogP contribution in [0.3, 0.4) is 0 Å². The van der Waals surface area contributed by atoms with Crippen molar-refractivity contribution in [3.63, 3.8) is 0 Å².